The van der Waals surface area contributed by atoms with Gasteiger partial charge in [0.15, 0.2) is 0 Å². The predicted octanol–water partition coefficient (Wildman–Crippen LogP) is 3.58. The third-order valence-electron chi connectivity index (χ3n) is 2.80. The molecule has 4 nitrogen and oxygen atoms in total. The van der Waals surface area contributed by atoms with E-state index in [1.807, 2.05) is 24.3 Å². The average molecular weight is 257 g/mol. The minimum Gasteiger partial charge on any atom is -0.491 e. The minimum atomic E-state index is 0.209. The highest BCUT2D eigenvalue weighted by atomic mass is 16.5. The summed E-state index contributed by atoms with van der Waals surface area (Å²) in [6.45, 7) is 4.16. The van der Waals surface area contributed by atoms with Gasteiger partial charge in [0.2, 0.25) is 0 Å². The monoisotopic (exact) mass is 257 g/mol. The number of hydrogen-bond donors (Lipinski definition) is 2. The minimum absolute atomic E-state index is 0.209. The van der Waals surface area contributed by atoms with Crippen LogP contribution < -0.4 is 15.8 Å². The Morgan fingerprint density at radius 2 is 2.16 bits per heavy atom. The van der Waals surface area contributed by atoms with Gasteiger partial charge in [-0.05, 0) is 31.5 Å². The summed E-state index contributed by atoms with van der Waals surface area (Å²) in [6.07, 6.45) is 2.87. The van der Waals surface area contributed by atoms with Crippen LogP contribution in [0, 0.1) is 0 Å². The zero-order valence-electron chi connectivity index (χ0n) is 11.3. The lowest BCUT2D eigenvalue weighted by atomic mass is 10.2. The molecule has 0 aliphatic carbocycles. The standard InChI is InChI=1S/C15H19N3O/c1-3-11(2)19-14-6-4-5-13(10-14)18-15-9-12(16)7-8-17-15/h4-11H,3H2,1-2H3,(H3,16,17,18). The van der Waals surface area contributed by atoms with Crippen molar-refractivity contribution in [3.63, 3.8) is 0 Å². The number of ether oxygens (including phenoxy) is 1. The average Bonchev–Trinajstić information content (AvgIpc) is 2.39. The predicted molar refractivity (Wildman–Crippen MR) is 78.8 cm³/mol. The summed E-state index contributed by atoms with van der Waals surface area (Å²) in [7, 11) is 0. The molecule has 0 spiro atoms. The SMILES string of the molecule is CCC(C)Oc1cccc(Nc2cc(N)ccn2)c1. The third kappa shape index (κ3) is 3.88. The van der Waals surface area contributed by atoms with Gasteiger partial charge in [-0.15, -0.1) is 0 Å². The lowest BCUT2D eigenvalue weighted by Gasteiger charge is -2.14. The third-order valence-corrected chi connectivity index (χ3v) is 2.80. The first kappa shape index (κ1) is 13.2. The normalized spacial score (nSPS) is 11.9. The number of aromatic nitrogens is 1. The number of hydrogen-bond acceptors (Lipinski definition) is 4. The zero-order chi connectivity index (χ0) is 13.7. The fourth-order valence-corrected chi connectivity index (χ4v) is 1.63. The van der Waals surface area contributed by atoms with Crippen molar-refractivity contribution in [2.45, 2.75) is 26.4 Å². The Bertz CT molecular complexity index is 542. The molecule has 2 rings (SSSR count). The molecule has 0 saturated heterocycles. The molecule has 0 saturated carbocycles. The van der Waals surface area contributed by atoms with Crippen LogP contribution in [0.25, 0.3) is 0 Å². The molecule has 19 heavy (non-hydrogen) atoms. The largest absolute Gasteiger partial charge is 0.491 e. The smallest absolute Gasteiger partial charge is 0.132 e. The molecular formula is C15H19N3O. The molecule has 1 heterocycles. The highest BCUT2D eigenvalue weighted by Crippen LogP contribution is 2.22. The Labute approximate surface area is 113 Å². The molecule has 2 aromatic rings. The lowest BCUT2D eigenvalue weighted by Crippen LogP contribution is -2.09. The topological polar surface area (TPSA) is 60.2 Å². The van der Waals surface area contributed by atoms with Gasteiger partial charge in [0, 0.05) is 29.7 Å². The Hall–Kier alpha value is -2.23. The molecule has 0 aliphatic heterocycles. The number of nitrogens with two attached hydrogens (primary N) is 1. The number of benzene rings is 1. The molecule has 0 radical (unpaired) electrons. The molecule has 1 atom stereocenters. The molecule has 0 amide bonds. The van der Waals surface area contributed by atoms with Crippen molar-refractivity contribution < 1.29 is 4.74 Å². The molecule has 1 aromatic carbocycles. The van der Waals surface area contributed by atoms with Gasteiger partial charge >= 0.3 is 0 Å². The Balaban J connectivity index is 2.10. The van der Waals surface area contributed by atoms with Crippen LogP contribution in [0.4, 0.5) is 17.2 Å². The van der Waals surface area contributed by atoms with E-state index >= 15 is 0 Å². The van der Waals surface area contributed by atoms with Gasteiger partial charge in [-0.25, -0.2) is 4.98 Å². The molecule has 1 unspecified atom stereocenters. The van der Waals surface area contributed by atoms with Crippen molar-refractivity contribution in [2.75, 3.05) is 11.1 Å². The van der Waals surface area contributed by atoms with Crippen molar-refractivity contribution >= 4 is 17.2 Å². The van der Waals surface area contributed by atoms with Crippen molar-refractivity contribution in [3.05, 3.63) is 42.6 Å². The summed E-state index contributed by atoms with van der Waals surface area (Å²) in [5.41, 5.74) is 7.34. The molecule has 0 aliphatic rings. The van der Waals surface area contributed by atoms with Crippen LogP contribution in [0.3, 0.4) is 0 Å². The Morgan fingerprint density at radius 3 is 2.89 bits per heavy atom. The van der Waals surface area contributed by atoms with E-state index in [0.717, 1.165) is 23.7 Å². The van der Waals surface area contributed by atoms with E-state index in [0.29, 0.717) is 5.69 Å². The van der Waals surface area contributed by atoms with Gasteiger partial charge in [0.05, 0.1) is 6.10 Å². The molecule has 3 N–H and O–H groups in total. The van der Waals surface area contributed by atoms with Crippen LogP contribution in [0.2, 0.25) is 0 Å². The maximum Gasteiger partial charge on any atom is 0.132 e. The van der Waals surface area contributed by atoms with E-state index in [4.69, 9.17) is 10.5 Å². The van der Waals surface area contributed by atoms with Crippen molar-refractivity contribution in [2.24, 2.45) is 0 Å². The number of nitrogen functional groups attached to an aromatic ring is 1. The number of anilines is 3. The van der Waals surface area contributed by atoms with E-state index < -0.39 is 0 Å². The highest BCUT2D eigenvalue weighted by molar-refractivity contribution is 5.60. The van der Waals surface area contributed by atoms with Crippen LogP contribution in [0.15, 0.2) is 42.6 Å². The lowest BCUT2D eigenvalue weighted by molar-refractivity contribution is 0.217. The summed E-state index contributed by atoms with van der Waals surface area (Å²) in [6, 6.07) is 11.4. The second-order valence-electron chi connectivity index (χ2n) is 4.46. The van der Waals surface area contributed by atoms with Crippen molar-refractivity contribution in [1.29, 1.82) is 0 Å². The van der Waals surface area contributed by atoms with Gasteiger partial charge in [0.25, 0.3) is 0 Å². The van der Waals surface area contributed by atoms with E-state index in [2.05, 4.69) is 24.1 Å². The fourth-order valence-electron chi connectivity index (χ4n) is 1.63. The van der Waals surface area contributed by atoms with Gasteiger partial charge in [-0.1, -0.05) is 13.0 Å². The van der Waals surface area contributed by atoms with Crippen molar-refractivity contribution in [1.82, 2.24) is 4.98 Å². The number of nitrogens with one attached hydrogen (secondary N) is 1. The number of rotatable bonds is 5. The van der Waals surface area contributed by atoms with Crippen LogP contribution in [-0.4, -0.2) is 11.1 Å². The summed E-state index contributed by atoms with van der Waals surface area (Å²) < 4.78 is 5.78. The quantitative estimate of drug-likeness (QED) is 0.859. The van der Waals surface area contributed by atoms with E-state index in [-0.39, 0.29) is 6.10 Å². The van der Waals surface area contributed by atoms with Gasteiger partial charge in [0.1, 0.15) is 11.6 Å². The van der Waals surface area contributed by atoms with E-state index in [9.17, 15) is 0 Å². The van der Waals surface area contributed by atoms with Crippen molar-refractivity contribution in [3.8, 4) is 5.75 Å². The second kappa shape index (κ2) is 6.09. The van der Waals surface area contributed by atoms with E-state index in [1.165, 1.54) is 0 Å². The molecule has 0 fully saturated rings. The Kier molecular flexibility index (Phi) is 4.23. The maximum absolute atomic E-state index is 5.78. The van der Waals surface area contributed by atoms with Gasteiger partial charge < -0.3 is 15.8 Å². The summed E-state index contributed by atoms with van der Waals surface area (Å²) >= 11 is 0. The van der Waals surface area contributed by atoms with Gasteiger partial charge in [-0.2, -0.15) is 0 Å². The first-order valence-electron chi connectivity index (χ1n) is 6.42. The summed E-state index contributed by atoms with van der Waals surface area (Å²) in [4.78, 5) is 4.21. The highest BCUT2D eigenvalue weighted by Gasteiger charge is 2.02. The second-order valence-corrected chi connectivity index (χ2v) is 4.46. The molecule has 1 aromatic heterocycles. The first-order valence-corrected chi connectivity index (χ1v) is 6.42. The molecule has 0 bridgehead atoms. The first-order chi connectivity index (χ1) is 9.17. The van der Waals surface area contributed by atoms with E-state index in [1.54, 1.807) is 18.3 Å². The summed E-state index contributed by atoms with van der Waals surface area (Å²) in [5, 5.41) is 3.21. The van der Waals surface area contributed by atoms with Crippen LogP contribution >= 0.6 is 0 Å². The van der Waals surface area contributed by atoms with Crippen LogP contribution in [0.1, 0.15) is 20.3 Å². The summed E-state index contributed by atoms with van der Waals surface area (Å²) in [5.74, 6) is 1.57. The zero-order valence-corrected chi connectivity index (χ0v) is 11.3. The van der Waals surface area contributed by atoms with Gasteiger partial charge in [-0.3, -0.25) is 0 Å². The maximum atomic E-state index is 5.78. The fraction of sp³-hybridized carbons (Fsp3) is 0.267. The molecular weight excluding hydrogens is 238 g/mol. The Morgan fingerprint density at radius 1 is 1.32 bits per heavy atom. The number of pyridine rings is 1. The van der Waals surface area contributed by atoms with Crippen LogP contribution in [-0.2, 0) is 0 Å². The van der Waals surface area contributed by atoms with Crippen LogP contribution in [0.5, 0.6) is 5.75 Å². The molecule has 100 valence electrons. The number of nitrogens with zero attached hydrogens (tertiary/aromatic N) is 1. The molecule has 4 heteroatoms.